The first-order valence-corrected chi connectivity index (χ1v) is 8.30. The van der Waals surface area contributed by atoms with E-state index in [4.69, 9.17) is 0 Å². The number of rotatable bonds is 4. The van der Waals surface area contributed by atoms with Gasteiger partial charge in [-0.05, 0) is 46.3 Å². The molecule has 1 N–H and O–H groups in total. The molecular formula is C20H13BrFNO2. The van der Waals surface area contributed by atoms with Gasteiger partial charge < -0.3 is 5.32 Å². The molecule has 3 nitrogen and oxygen atoms in total. The van der Waals surface area contributed by atoms with Crippen LogP contribution in [0.2, 0.25) is 0 Å². The minimum Gasteiger partial charge on any atom is -0.322 e. The van der Waals surface area contributed by atoms with Crippen molar-refractivity contribution in [2.75, 3.05) is 5.32 Å². The molecule has 3 aromatic rings. The van der Waals surface area contributed by atoms with Crippen LogP contribution < -0.4 is 5.32 Å². The number of ketones is 1. The maximum absolute atomic E-state index is 13.4. The Hall–Kier alpha value is -2.79. The van der Waals surface area contributed by atoms with E-state index >= 15 is 0 Å². The van der Waals surface area contributed by atoms with E-state index in [1.807, 2.05) is 6.07 Å². The summed E-state index contributed by atoms with van der Waals surface area (Å²) in [6.07, 6.45) is 0. The lowest BCUT2D eigenvalue weighted by Crippen LogP contribution is -2.13. The second kappa shape index (κ2) is 7.40. The average molecular weight is 398 g/mol. The van der Waals surface area contributed by atoms with Gasteiger partial charge in [0.2, 0.25) is 0 Å². The average Bonchev–Trinajstić information content (AvgIpc) is 2.64. The van der Waals surface area contributed by atoms with Crippen LogP contribution >= 0.6 is 15.9 Å². The van der Waals surface area contributed by atoms with Crippen molar-refractivity contribution in [2.24, 2.45) is 0 Å². The van der Waals surface area contributed by atoms with Gasteiger partial charge in [0, 0.05) is 21.3 Å². The van der Waals surface area contributed by atoms with Gasteiger partial charge in [-0.1, -0.05) is 42.5 Å². The van der Waals surface area contributed by atoms with Gasteiger partial charge in [0.25, 0.3) is 5.91 Å². The Morgan fingerprint density at radius 3 is 2.32 bits per heavy atom. The normalized spacial score (nSPS) is 10.3. The topological polar surface area (TPSA) is 46.2 Å². The summed E-state index contributed by atoms with van der Waals surface area (Å²) >= 11 is 3.23. The molecule has 0 aromatic heterocycles. The molecule has 0 fully saturated rings. The Labute approximate surface area is 152 Å². The predicted octanol–water partition coefficient (Wildman–Crippen LogP) is 5.07. The highest BCUT2D eigenvalue weighted by Gasteiger charge is 2.13. The molecule has 0 atom stereocenters. The fourth-order valence-electron chi connectivity index (χ4n) is 2.36. The van der Waals surface area contributed by atoms with Gasteiger partial charge in [0.05, 0.1) is 5.56 Å². The molecule has 3 rings (SSSR count). The second-order valence-electron chi connectivity index (χ2n) is 5.35. The van der Waals surface area contributed by atoms with Gasteiger partial charge in [-0.3, -0.25) is 9.59 Å². The first-order chi connectivity index (χ1) is 12.0. The van der Waals surface area contributed by atoms with Crippen molar-refractivity contribution in [2.45, 2.75) is 0 Å². The molecule has 124 valence electrons. The summed E-state index contributed by atoms with van der Waals surface area (Å²) in [5.41, 5.74) is 1.67. The third-order valence-electron chi connectivity index (χ3n) is 3.59. The van der Waals surface area contributed by atoms with E-state index < -0.39 is 11.7 Å². The highest BCUT2D eigenvalue weighted by atomic mass is 79.9. The maximum atomic E-state index is 13.4. The lowest BCUT2D eigenvalue weighted by atomic mass is 10.0. The molecule has 25 heavy (non-hydrogen) atoms. The number of benzene rings is 3. The lowest BCUT2D eigenvalue weighted by Gasteiger charge is -2.09. The Kier molecular flexibility index (Phi) is 5.05. The molecule has 0 radical (unpaired) electrons. The van der Waals surface area contributed by atoms with Crippen molar-refractivity contribution < 1.29 is 14.0 Å². The summed E-state index contributed by atoms with van der Waals surface area (Å²) in [7, 11) is 0. The Morgan fingerprint density at radius 2 is 1.56 bits per heavy atom. The molecule has 0 aliphatic heterocycles. The number of hydrogen-bond acceptors (Lipinski definition) is 2. The number of anilines is 1. The zero-order chi connectivity index (χ0) is 17.8. The second-order valence-corrected chi connectivity index (χ2v) is 6.21. The molecule has 0 saturated carbocycles. The number of carbonyl (C=O) groups is 2. The first-order valence-electron chi connectivity index (χ1n) is 7.51. The standard InChI is InChI=1S/C20H13BrFNO2/c21-18-10-9-15(22)12-17(18)20(25)23-16-8-4-7-14(11-16)19(24)13-5-2-1-3-6-13/h1-12H,(H,23,25). The zero-order valence-electron chi connectivity index (χ0n) is 13.0. The minimum atomic E-state index is -0.499. The summed E-state index contributed by atoms with van der Waals surface area (Å²) in [5.74, 6) is -1.10. The largest absolute Gasteiger partial charge is 0.322 e. The fourth-order valence-corrected chi connectivity index (χ4v) is 2.79. The molecule has 0 heterocycles. The third-order valence-corrected chi connectivity index (χ3v) is 4.28. The van der Waals surface area contributed by atoms with Crippen molar-refractivity contribution >= 4 is 33.3 Å². The van der Waals surface area contributed by atoms with E-state index in [-0.39, 0.29) is 11.3 Å². The van der Waals surface area contributed by atoms with Crippen LogP contribution in [0.1, 0.15) is 26.3 Å². The van der Waals surface area contributed by atoms with E-state index in [0.29, 0.717) is 21.3 Å². The van der Waals surface area contributed by atoms with Crippen LogP contribution in [-0.2, 0) is 0 Å². The van der Waals surface area contributed by atoms with Crippen LogP contribution in [0.5, 0.6) is 0 Å². The first kappa shape index (κ1) is 17.0. The monoisotopic (exact) mass is 397 g/mol. The van der Waals surface area contributed by atoms with Crippen molar-refractivity contribution in [3.05, 3.63) is 99.8 Å². The molecule has 3 aromatic carbocycles. The van der Waals surface area contributed by atoms with Crippen molar-refractivity contribution in [1.82, 2.24) is 0 Å². The minimum absolute atomic E-state index is 0.136. The van der Waals surface area contributed by atoms with Crippen LogP contribution in [0.15, 0.2) is 77.3 Å². The van der Waals surface area contributed by atoms with Gasteiger partial charge in [0.15, 0.2) is 5.78 Å². The highest BCUT2D eigenvalue weighted by molar-refractivity contribution is 9.10. The van der Waals surface area contributed by atoms with Crippen LogP contribution in [0.4, 0.5) is 10.1 Å². The smallest absolute Gasteiger partial charge is 0.256 e. The highest BCUT2D eigenvalue weighted by Crippen LogP contribution is 2.20. The Bertz CT molecular complexity index is 941. The van der Waals surface area contributed by atoms with Crippen LogP contribution in [0.25, 0.3) is 0 Å². The van der Waals surface area contributed by atoms with Gasteiger partial charge >= 0.3 is 0 Å². The van der Waals surface area contributed by atoms with E-state index in [1.54, 1.807) is 48.5 Å². The van der Waals surface area contributed by atoms with E-state index in [1.165, 1.54) is 12.1 Å². The lowest BCUT2D eigenvalue weighted by molar-refractivity contribution is 0.102. The molecule has 1 amide bonds. The molecule has 0 spiro atoms. The zero-order valence-corrected chi connectivity index (χ0v) is 14.6. The number of nitrogens with one attached hydrogen (secondary N) is 1. The van der Waals surface area contributed by atoms with Gasteiger partial charge in [0.1, 0.15) is 5.82 Å². The van der Waals surface area contributed by atoms with Crippen molar-refractivity contribution in [3.63, 3.8) is 0 Å². The van der Waals surface area contributed by atoms with Gasteiger partial charge in [-0.25, -0.2) is 4.39 Å². The van der Waals surface area contributed by atoms with Gasteiger partial charge in [-0.15, -0.1) is 0 Å². The van der Waals surface area contributed by atoms with E-state index in [9.17, 15) is 14.0 Å². The molecule has 0 unspecified atom stereocenters. The molecule has 0 saturated heterocycles. The van der Waals surface area contributed by atoms with E-state index in [2.05, 4.69) is 21.2 Å². The number of halogens is 2. The van der Waals surface area contributed by atoms with Crippen molar-refractivity contribution in [1.29, 1.82) is 0 Å². The summed E-state index contributed by atoms with van der Waals surface area (Å²) in [4.78, 5) is 24.8. The molecule has 0 bridgehead atoms. The van der Waals surface area contributed by atoms with E-state index in [0.717, 1.165) is 6.07 Å². The summed E-state index contributed by atoms with van der Waals surface area (Å²) in [6, 6.07) is 19.4. The maximum Gasteiger partial charge on any atom is 0.256 e. The molecule has 0 aliphatic rings. The summed E-state index contributed by atoms with van der Waals surface area (Å²) in [5, 5.41) is 2.69. The number of hydrogen-bond donors (Lipinski definition) is 1. The van der Waals surface area contributed by atoms with Crippen molar-refractivity contribution in [3.8, 4) is 0 Å². The Morgan fingerprint density at radius 1 is 0.840 bits per heavy atom. The fraction of sp³-hybridized carbons (Fsp3) is 0. The molecule has 0 aliphatic carbocycles. The van der Waals surface area contributed by atoms with Gasteiger partial charge in [-0.2, -0.15) is 0 Å². The predicted molar refractivity (Wildman–Crippen MR) is 98.4 cm³/mol. The summed E-state index contributed by atoms with van der Waals surface area (Å²) < 4.78 is 13.8. The molecular weight excluding hydrogens is 385 g/mol. The number of amides is 1. The van der Waals surface area contributed by atoms with Crippen LogP contribution in [0, 0.1) is 5.82 Å². The Balaban J connectivity index is 1.83. The molecule has 5 heteroatoms. The third kappa shape index (κ3) is 4.00. The SMILES string of the molecule is O=C(c1ccccc1)c1cccc(NC(=O)c2cc(F)ccc2Br)c1. The summed E-state index contributed by atoms with van der Waals surface area (Å²) in [6.45, 7) is 0. The quantitative estimate of drug-likeness (QED) is 0.624. The van der Waals surface area contributed by atoms with Crippen LogP contribution in [0.3, 0.4) is 0 Å². The van der Waals surface area contributed by atoms with Crippen LogP contribution in [-0.4, -0.2) is 11.7 Å². The number of carbonyl (C=O) groups excluding carboxylic acids is 2.